The first-order chi connectivity index (χ1) is 7.97. The van der Waals surface area contributed by atoms with Gasteiger partial charge in [-0.05, 0) is 53.8 Å². The quantitative estimate of drug-likeness (QED) is 0.715. The van der Waals surface area contributed by atoms with Gasteiger partial charge in [-0.3, -0.25) is 0 Å². The van der Waals surface area contributed by atoms with Crippen molar-refractivity contribution in [3.05, 3.63) is 0 Å². The highest BCUT2D eigenvalue weighted by Crippen LogP contribution is 2.04. The zero-order valence-corrected chi connectivity index (χ0v) is 12.3. The summed E-state index contributed by atoms with van der Waals surface area (Å²) in [6.45, 7) is 14.2. The number of nitrogens with one attached hydrogen (secondary N) is 1. The second kappa shape index (κ2) is 7.34. The Bertz CT molecular complexity index is 190. The molecule has 102 valence electrons. The number of hydrogen-bond acceptors (Lipinski definition) is 3. The molecule has 0 bridgehead atoms. The van der Waals surface area contributed by atoms with Crippen LogP contribution in [-0.2, 0) is 0 Å². The van der Waals surface area contributed by atoms with Crippen molar-refractivity contribution in [2.24, 2.45) is 0 Å². The fourth-order valence-electron chi connectivity index (χ4n) is 2.17. The van der Waals surface area contributed by atoms with Gasteiger partial charge in [-0.2, -0.15) is 0 Å². The van der Waals surface area contributed by atoms with E-state index in [1.165, 1.54) is 52.0 Å². The minimum atomic E-state index is 0.275. The van der Waals surface area contributed by atoms with Crippen LogP contribution in [0.3, 0.4) is 0 Å². The molecule has 0 aromatic rings. The number of unbranched alkanes of at least 4 members (excludes halogenated alkanes) is 2. The molecule has 0 aromatic carbocycles. The molecule has 17 heavy (non-hydrogen) atoms. The lowest BCUT2D eigenvalue weighted by molar-refractivity contribution is 0.152. The second-order valence-electron chi connectivity index (χ2n) is 6.38. The Balaban J connectivity index is 1.91. The molecule has 1 fully saturated rings. The average molecular weight is 241 g/mol. The van der Waals surface area contributed by atoms with Crippen LogP contribution in [0.5, 0.6) is 0 Å². The predicted molar refractivity (Wildman–Crippen MR) is 75.5 cm³/mol. The lowest BCUT2D eigenvalue weighted by atomic mass is 10.1. The van der Waals surface area contributed by atoms with Gasteiger partial charge in [0.1, 0.15) is 0 Å². The highest BCUT2D eigenvalue weighted by atomic mass is 15.2. The Morgan fingerprint density at radius 3 is 2.18 bits per heavy atom. The van der Waals surface area contributed by atoms with Crippen molar-refractivity contribution < 1.29 is 0 Å². The maximum atomic E-state index is 3.55. The molecule has 1 aliphatic heterocycles. The first-order valence-corrected chi connectivity index (χ1v) is 7.13. The monoisotopic (exact) mass is 241 g/mol. The lowest BCUT2D eigenvalue weighted by Crippen LogP contribution is -2.44. The fraction of sp³-hybridized carbons (Fsp3) is 1.00. The molecule has 0 unspecified atom stereocenters. The van der Waals surface area contributed by atoms with Crippen LogP contribution in [0.15, 0.2) is 0 Å². The molecule has 1 aliphatic rings. The Morgan fingerprint density at radius 1 is 0.941 bits per heavy atom. The maximum Gasteiger partial charge on any atom is 0.0110 e. The van der Waals surface area contributed by atoms with Crippen LogP contribution in [-0.4, -0.2) is 61.7 Å². The van der Waals surface area contributed by atoms with Gasteiger partial charge in [0.25, 0.3) is 0 Å². The fourth-order valence-corrected chi connectivity index (χ4v) is 2.17. The first kappa shape index (κ1) is 14.9. The molecule has 0 amide bonds. The molecule has 0 aromatic heterocycles. The van der Waals surface area contributed by atoms with Gasteiger partial charge in [0.15, 0.2) is 0 Å². The lowest BCUT2D eigenvalue weighted by Gasteiger charge is -2.32. The SMILES string of the molecule is CN1CCN(CCCCCNC(C)(C)C)CC1. The molecule has 1 rings (SSSR count). The molecule has 1 heterocycles. The average Bonchev–Trinajstić information content (AvgIpc) is 2.24. The summed E-state index contributed by atoms with van der Waals surface area (Å²) < 4.78 is 0. The summed E-state index contributed by atoms with van der Waals surface area (Å²) in [5, 5.41) is 3.55. The van der Waals surface area contributed by atoms with Gasteiger partial charge >= 0.3 is 0 Å². The summed E-state index contributed by atoms with van der Waals surface area (Å²) in [5.74, 6) is 0. The van der Waals surface area contributed by atoms with Crippen molar-refractivity contribution in [2.75, 3.05) is 46.3 Å². The number of hydrogen-bond donors (Lipinski definition) is 1. The van der Waals surface area contributed by atoms with Crippen molar-refractivity contribution in [3.63, 3.8) is 0 Å². The molecule has 1 saturated heterocycles. The maximum absolute atomic E-state index is 3.55. The van der Waals surface area contributed by atoms with E-state index in [-0.39, 0.29) is 5.54 Å². The van der Waals surface area contributed by atoms with Crippen LogP contribution in [0, 0.1) is 0 Å². The van der Waals surface area contributed by atoms with Crippen LogP contribution in [0.2, 0.25) is 0 Å². The molecule has 1 N–H and O–H groups in total. The topological polar surface area (TPSA) is 18.5 Å². The van der Waals surface area contributed by atoms with E-state index in [1.54, 1.807) is 0 Å². The van der Waals surface area contributed by atoms with Gasteiger partial charge in [-0.25, -0.2) is 0 Å². The summed E-state index contributed by atoms with van der Waals surface area (Å²) in [7, 11) is 2.22. The van der Waals surface area contributed by atoms with Crippen LogP contribution in [0.25, 0.3) is 0 Å². The third-order valence-corrected chi connectivity index (χ3v) is 3.40. The van der Waals surface area contributed by atoms with Crippen LogP contribution >= 0.6 is 0 Å². The van der Waals surface area contributed by atoms with Crippen molar-refractivity contribution in [1.29, 1.82) is 0 Å². The van der Waals surface area contributed by atoms with Crippen molar-refractivity contribution in [1.82, 2.24) is 15.1 Å². The van der Waals surface area contributed by atoms with Crippen molar-refractivity contribution >= 4 is 0 Å². The number of rotatable bonds is 6. The highest BCUT2D eigenvalue weighted by Gasteiger charge is 2.12. The molecule has 3 heteroatoms. The van der Waals surface area contributed by atoms with E-state index in [0.717, 1.165) is 6.54 Å². The Morgan fingerprint density at radius 2 is 1.59 bits per heavy atom. The van der Waals surface area contributed by atoms with Crippen LogP contribution < -0.4 is 5.32 Å². The van der Waals surface area contributed by atoms with Crippen LogP contribution in [0.4, 0.5) is 0 Å². The van der Waals surface area contributed by atoms with E-state index in [1.807, 2.05) is 0 Å². The largest absolute Gasteiger partial charge is 0.312 e. The highest BCUT2D eigenvalue weighted by molar-refractivity contribution is 4.71. The summed E-state index contributed by atoms with van der Waals surface area (Å²) in [5.41, 5.74) is 0.275. The first-order valence-electron chi connectivity index (χ1n) is 7.13. The number of likely N-dealkylation sites (N-methyl/N-ethyl adjacent to an activating group) is 1. The number of nitrogens with zero attached hydrogens (tertiary/aromatic N) is 2. The van der Waals surface area contributed by atoms with Gasteiger partial charge in [-0.15, -0.1) is 0 Å². The van der Waals surface area contributed by atoms with Gasteiger partial charge in [0, 0.05) is 31.7 Å². The summed E-state index contributed by atoms with van der Waals surface area (Å²) in [6, 6.07) is 0. The summed E-state index contributed by atoms with van der Waals surface area (Å²) in [4.78, 5) is 5.03. The molecule has 0 spiro atoms. The summed E-state index contributed by atoms with van der Waals surface area (Å²) in [6.07, 6.45) is 4.02. The smallest absolute Gasteiger partial charge is 0.0110 e. The zero-order chi connectivity index (χ0) is 12.7. The van der Waals surface area contributed by atoms with E-state index in [0.29, 0.717) is 0 Å². The Labute approximate surface area is 108 Å². The summed E-state index contributed by atoms with van der Waals surface area (Å²) >= 11 is 0. The third-order valence-electron chi connectivity index (χ3n) is 3.40. The van der Waals surface area contributed by atoms with E-state index in [4.69, 9.17) is 0 Å². The number of piperazine rings is 1. The molecule has 0 saturated carbocycles. The minimum absolute atomic E-state index is 0.275. The van der Waals surface area contributed by atoms with Crippen LogP contribution in [0.1, 0.15) is 40.0 Å². The van der Waals surface area contributed by atoms with Gasteiger partial charge in [0.2, 0.25) is 0 Å². The minimum Gasteiger partial charge on any atom is -0.312 e. The van der Waals surface area contributed by atoms with E-state index in [2.05, 4.69) is 42.9 Å². The Hall–Kier alpha value is -0.120. The van der Waals surface area contributed by atoms with Gasteiger partial charge in [0.05, 0.1) is 0 Å². The van der Waals surface area contributed by atoms with E-state index < -0.39 is 0 Å². The van der Waals surface area contributed by atoms with Gasteiger partial charge < -0.3 is 15.1 Å². The normalized spacial score (nSPS) is 19.8. The predicted octanol–water partition coefficient (Wildman–Crippen LogP) is 1.79. The van der Waals surface area contributed by atoms with Crippen molar-refractivity contribution in [2.45, 2.75) is 45.6 Å². The molecule has 0 radical (unpaired) electrons. The zero-order valence-electron chi connectivity index (χ0n) is 12.3. The van der Waals surface area contributed by atoms with Gasteiger partial charge in [-0.1, -0.05) is 6.42 Å². The molecule has 3 nitrogen and oxygen atoms in total. The molecular weight excluding hydrogens is 210 g/mol. The molecule has 0 atom stereocenters. The van der Waals surface area contributed by atoms with E-state index in [9.17, 15) is 0 Å². The molecular formula is C14H31N3. The van der Waals surface area contributed by atoms with E-state index >= 15 is 0 Å². The molecule has 0 aliphatic carbocycles. The standard InChI is InChI=1S/C14H31N3/c1-14(2,3)15-8-6-5-7-9-17-12-10-16(4)11-13-17/h15H,5-13H2,1-4H3. The third kappa shape index (κ3) is 7.74. The van der Waals surface area contributed by atoms with Crippen molar-refractivity contribution in [3.8, 4) is 0 Å². The Kier molecular flexibility index (Phi) is 6.45. The second-order valence-corrected chi connectivity index (χ2v) is 6.38.